The summed E-state index contributed by atoms with van der Waals surface area (Å²) in [6.45, 7) is -2.39. The molecule has 1 saturated carbocycles. The van der Waals surface area contributed by atoms with E-state index in [-0.39, 0.29) is 34.5 Å². The summed E-state index contributed by atoms with van der Waals surface area (Å²) >= 11 is 12.7. The average molecular weight is 641 g/mol. The largest absolute Gasteiger partial charge is 0.619 e. The Balaban J connectivity index is 1.56. The van der Waals surface area contributed by atoms with Gasteiger partial charge >= 0.3 is 12.6 Å². The summed E-state index contributed by atoms with van der Waals surface area (Å²) in [5, 5.41) is 12.0. The number of carbonyl (C=O) groups is 1. The number of hydrogen-bond donors (Lipinski definition) is 0. The van der Waals surface area contributed by atoms with Crippen molar-refractivity contribution in [2.75, 3.05) is 34.4 Å². The number of halogens is 4. The van der Waals surface area contributed by atoms with Gasteiger partial charge in [-0.1, -0.05) is 35.3 Å². The van der Waals surface area contributed by atoms with Gasteiger partial charge in [0.15, 0.2) is 35.4 Å². The zero-order valence-corrected chi connectivity index (χ0v) is 25.4. The van der Waals surface area contributed by atoms with E-state index in [4.69, 9.17) is 42.1 Å². The number of nitrogens with zero attached hydrogens (tertiary/aromatic N) is 2. The van der Waals surface area contributed by atoms with E-state index in [9.17, 15) is 18.8 Å². The second-order valence-corrected chi connectivity index (χ2v) is 11.0. The van der Waals surface area contributed by atoms with Gasteiger partial charge < -0.3 is 28.9 Å². The first kappa shape index (κ1) is 32.4. The van der Waals surface area contributed by atoms with Crippen LogP contribution in [0.15, 0.2) is 48.8 Å². The molecule has 9 nitrogen and oxygen atoms in total. The number of pyridine rings is 1. The maximum atomic E-state index is 13.2. The molecule has 0 aliphatic heterocycles. The highest BCUT2D eigenvalue weighted by atomic mass is 35.5. The summed E-state index contributed by atoms with van der Waals surface area (Å²) in [6.07, 6.45) is 3.31. The predicted molar refractivity (Wildman–Crippen MR) is 155 cm³/mol. The van der Waals surface area contributed by atoms with Crippen molar-refractivity contribution in [2.45, 2.75) is 38.5 Å². The van der Waals surface area contributed by atoms with Crippen molar-refractivity contribution in [1.82, 2.24) is 4.90 Å². The zero-order valence-electron chi connectivity index (χ0n) is 23.9. The van der Waals surface area contributed by atoms with Crippen LogP contribution in [-0.2, 0) is 22.5 Å². The van der Waals surface area contributed by atoms with E-state index >= 15 is 0 Å². The second-order valence-electron chi connectivity index (χ2n) is 10.2. The van der Waals surface area contributed by atoms with Gasteiger partial charge in [-0.2, -0.15) is 13.5 Å². The molecule has 0 radical (unpaired) electrons. The fraction of sp³-hybridized carbons (Fsp3) is 0.400. The van der Waals surface area contributed by atoms with Crippen LogP contribution in [0.4, 0.5) is 8.78 Å². The predicted octanol–water partition coefficient (Wildman–Crippen LogP) is 5.99. The fourth-order valence-corrected chi connectivity index (χ4v) is 5.02. The van der Waals surface area contributed by atoms with Gasteiger partial charge in [-0.05, 0) is 61.2 Å². The smallest absolute Gasteiger partial charge is 0.387 e. The Morgan fingerprint density at radius 2 is 1.70 bits per heavy atom. The van der Waals surface area contributed by atoms with Gasteiger partial charge in [0.1, 0.15) is 16.1 Å². The quantitative estimate of drug-likeness (QED) is 0.114. The molecule has 1 fully saturated rings. The molecule has 3 aromatic rings. The topological polar surface area (TPSA) is 93.4 Å². The summed E-state index contributed by atoms with van der Waals surface area (Å²) in [5.74, 6) is 0.886. The van der Waals surface area contributed by atoms with Gasteiger partial charge in [0.25, 0.3) is 0 Å². The van der Waals surface area contributed by atoms with Crippen molar-refractivity contribution in [1.29, 1.82) is 0 Å². The molecular weight excluding hydrogens is 609 g/mol. The molecule has 0 amide bonds. The molecule has 2 aromatic carbocycles. The summed E-state index contributed by atoms with van der Waals surface area (Å²) in [7, 11) is 4.84. The minimum atomic E-state index is -3.05. The molecule has 0 bridgehead atoms. The van der Waals surface area contributed by atoms with E-state index in [1.807, 2.05) is 12.1 Å². The molecule has 1 heterocycles. The average Bonchev–Trinajstić information content (AvgIpc) is 3.78. The number of alkyl halides is 2. The highest BCUT2D eigenvalue weighted by molar-refractivity contribution is 6.35. The van der Waals surface area contributed by atoms with Crippen molar-refractivity contribution in [3.05, 3.63) is 80.7 Å². The third kappa shape index (κ3) is 9.22. The van der Waals surface area contributed by atoms with Crippen LogP contribution in [0.3, 0.4) is 0 Å². The van der Waals surface area contributed by atoms with Gasteiger partial charge in [-0.3, -0.25) is 9.69 Å². The minimum Gasteiger partial charge on any atom is -0.619 e. The number of methoxy groups -OCH3 is 2. The number of esters is 1. The summed E-state index contributed by atoms with van der Waals surface area (Å²) < 4.78 is 53.7. The van der Waals surface area contributed by atoms with Crippen LogP contribution in [0.1, 0.15) is 35.6 Å². The van der Waals surface area contributed by atoms with E-state index < -0.39 is 18.7 Å². The number of ether oxygens (including phenoxy) is 5. The lowest BCUT2D eigenvalue weighted by molar-refractivity contribution is -0.605. The third-order valence-corrected chi connectivity index (χ3v) is 7.40. The first-order valence-corrected chi connectivity index (χ1v) is 14.2. The zero-order chi connectivity index (χ0) is 31.1. The lowest BCUT2D eigenvalue weighted by Gasteiger charge is -2.23. The molecule has 0 N–H and O–H groups in total. The molecule has 1 aromatic heterocycles. The van der Waals surface area contributed by atoms with Crippen molar-refractivity contribution in [3.8, 4) is 23.0 Å². The molecular formula is C30H32Cl2F2N2O7. The molecule has 4 rings (SSSR count). The Morgan fingerprint density at radius 3 is 2.33 bits per heavy atom. The summed E-state index contributed by atoms with van der Waals surface area (Å²) in [6, 6.07) is 9.81. The van der Waals surface area contributed by atoms with Crippen LogP contribution in [0.5, 0.6) is 23.0 Å². The number of hydrogen-bond acceptors (Lipinski definition) is 8. The van der Waals surface area contributed by atoms with Crippen molar-refractivity contribution in [2.24, 2.45) is 5.92 Å². The molecule has 0 spiro atoms. The van der Waals surface area contributed by atoms with Gasteiger partial charge in [-0.25, -0.2) is 0 Å². The highest BCUT2D eigenvalue weighted by Gasteiger charge is 2.26. The van der Waals surface area contributed by atoms with Gasteiger partial charge in [0, 0.05) is 18.5 Å². The fourth-order valence-electron chi connectivity index (χ4n) is 4.42. The Bertz CT molecular complexity index is 1400. The molecule has 0 unspecified atom stereocenters. The van der Waals surface area contributed by atoms with Gasteiger partial charge in [-0.15, -0.1) is 0 Å². The van der Waals surface area contributed by atoms with Crippen LogP contribution in [0, 0.1) is 11.1 Å². The number of carbonyl (C=O) groups excluding carboxylic acids is 1. The van der Waals surface area contributed by atoms with Crippen molar-refractivity contribution < 1.29 is 42.0 Å². The number of likely N-dealkylation sites (N-methyl/N-ethyl adjacent to an activating group) is 1. The lowest BCUT2D eigenvalue weighted by Crippen LogP contribution is -2.29. The van der Waals surface area contributed by atoms with E-state index in [1.165, 1.54) is 18.2 Å². The monoisotopic (exact) mass is 640 g/mol. The van der Waals surface area contributed by atoms with Crippen LogP contribution in [0.25, 0.3) is 0 Å². The minimum absolute atomic E-state index is 0.000750. The maximum Gasteiger partial charge on any atom is 0.387 e. The Labute approximate surface area is 258 Å². The Kier molecular flexibility index (Phi) is 11.1. The van der Waals surface area contributed by atoms with E-state index in [0.717, 1.165) is 30.8 Å². The first-order valence-electron chi connectivity index (χ1n) is 13.4. The first-order chi connectivity index (χ1) is 20.6. The van der Waals surface area contributed by atoms with Gasteiger partial charge in [0.2, 0.25) is 0 Å². The second kappa shape index (κ2) is 14.8. The van der Waals surface area contributed by atoms with Crippen LogP contribution in [-0.4, -0.2) is 51.9 Å². The SMILES string of the molecule is COc1ccc(CN(C)CC(=O)O[C@@H](Cc2c(Cl)c[n+]([O-])cc2Cl)c2ccc(OC(F)F)c(OCC3CC3)c2)cc1OC. The van der Waals surface area contributed by atoms with Crippen LogP contribution in [0.2, 0.25) is 10.0 Å². The summed E-state index contributed by atoms with van der Waals surface area (Å²) in [5.41, 5.74) is 1.69. The Morgan fingerprint density at radius 1 is 1.02 bits per heavy atom. The van der Waals surface area contributed by atoms with Crippen LogP contribution < -0.4 is 23.7 Å². The van der Waals surface area contributed by atoms with Crippen molar-refractivity contribution in [3.63, 3.8) is 0 Å². The third-order valence-electron chi connectivity index (χ3n) is 6.75. The standard InChI is InChI=1S/C30H32Cl2F2N2O7/c1-35(13-19-6-8-24(39-2)27(10-19)40-3)16-29(37)42-26(12-21-22(31)14-36(38)15-23(21)32)20-7-9-25(43-30(33)34)28(11-20)41-17-18-4-5-18/h6-11,14-15,18,26,30H,4-5,12-13,16-17H2,1-3H3/t26-/m0/s1. The Hall–Kier alpha value is -3.54. The lowest BCUT2D eigenvalue weighted by atomic mass is 10.0. The van der Waals surface area contributed by atoms with Crippen molar-refractivity contribution >= 4 is 29.2 Å². The number of rotatable bonds is 15. The maximum absolute atomic E-state index is 13.2. The van der Waals surface area contributed by atoms with E-state index in [1.54, 1.807) is 32.2 Å². The number of benzene rings is 2. The van der Waals surface area contributed by atoms with E-state index in [2.05, 4.69) is 4.74 Å². The molecule has 1 aliphatic rings. The molecule has 232 valence electrons. The summed E-state index contributed by atoms with van der Waals surface area (Å²) in [4.78, 5) is 15.0. The van der Waals surface area contributed by atoms with Crippen LogP contribution >= 0.6 is 23.2 Å². The number of aromatic nitrogens is 1. The van der Waals surface area contributed by atoms with Gasteiger partial charge in [0.05, 0.1) is 27.4 Å². The molecule has 13 heteroatoms. The normalized spacial score (nSPS) is 13.6. The highest BCUT2D eigenvalue weighted by Crippen LogP contribution is 2.38. The molecule has 1 atom stereocenters. The molecule has 43 heavy (non-hydrogen) atoms. The molecule has 0 saturated heterocycles. The van der Waals surface area contributed by atoms with E-state index in [0.29, 0.717) is 46.4 Å². The molecule has 1 aliphatic carbocycles.